The minimum Gasteiger partial charge on any atom is -0.346 e. The lowest BCUT2D eigenvalue weighted by Gasteiger charge is -2.19. The van der Waals surface area contributed by atoms with Gasteiger partial charge in [0.2, 0.25) is 5.91 Å². The molecule has 19 heavy (non-hydrogen) atoms. The van der Waals surface area contributed by atoms with Crippen LogP contribution in [0.5, 0.6) is 0 Å². The Bertz CT molecular complexity index is 290. The van der Waals surface area contributed by atoms with Gasteiger partial charge in [-0.3, -0.25) is 9.59 Å². The fraction of sp³-hybridized carbons (Fsp3) is 0.875. The van der Waals surface area contributed by atoms with Crippen molar-refractivity contribution in [2.75, 3.05) is 0 Å². The summed E-state index contributed by atoms with van der Waals surface area (Å²) < 4.78 is 0. The van der Waals surface area contributed by atoms with Gasteiger partial charge in [-0.05, 0) is 31.1 Å². The number of amides is 1. The number of ketones is 1. The Morgan fingerprint density at radius 2 is 1.63 bits per heavy atom. The first-order chi connectivity index (χ1) is 8.63. The van der Waals surface area contributed by atoms with Crippen LogP contribution in [0.15, 0.2) is 0 Å². The van der Waals surface area contributed by atoms with Gasteiger partial charge in [0.05, 0.1) is 6.04 Å². The van der Waals surface area contributed by atoms with Crippen LogP contribution in [0, 0.1) is 11.3 Å². The van der Waals surface area contributed by atoms with E-state index >= 15 is 0 Å². The van der Waals surface area contributed by atoms with Gasteiger partial charge in [-0.2, -0.15) is 0 Å². The number of rotatable bonds is 8. The molecule has 1 atom stereocenters. The summed E-state index contributed by atoms with van der Waals surface area (Å²) in [5.74, 6) is 0.197. The van der Waals surface area contributed by atoms with Crippen LogP contribution in [0.2, 0.25) is 0 Å². The number of carbonyl (C=O) groups is 2. The van der Waals surface area contributed by atoms with Crippen LogP contribution >= 0.6 is 0 Å². The molecule has 0 fully saturated rings. The zero-order valence-electron chi connectivity index (χ0n) is 13.5. The largest absolute Gasteiger partial charge is 0.346 e. The zero-order valence-corrected chi connectivity index (χ0v) is 13.5. The van der Waals surface area contributed by atoms with Crippen molar-refractivity contribution < 1.29 is 9.59 Å². The molecule has 1 N–H and O–H groups in total. The van der Waals surface area contributed by atoms with Crippen LogP contribution in [0.4, 0.5) is 0 Å². The van der Waals surface area contributed by atoms with Crippen molar-refractivity contribution in [1.29, 1.82) is 0 Å². The maximum atomic E-state index is 11.8. The molecule has 0 unspecified atom stereocenters. The molecule has 0 aliphatic heterocycles. The van der Waals surface area contributed by atoms with E-state index in [1.165, 1.54) is 13.3 Å². The third kappa shape index (κ3) is 9.69. The highest BCUT2D eigenvalue weighted by Crippen LogP contribution is 2.22. The fourth-order valence-electron chi connectivity index (χ4n) is 2.10. The van der Waals surface area contributed by atoms with E-state index in [0.29, 0.717) is 11.8 Å². The molecule has 0 rings (SSSR count). The summed E-state index contributed by atoms with van der Waals surface area (Å²) in [6.07, 6.45) is 4.87. The number of carbonyl (C=O) groups excluding carboxylic acids is 2. The van der Waals surface area contributed by atoms with Crippen molar-refractivity contribution in [3.05, 3.63) is 0 Å². The van der Waals surface area contributed by atoms with Gasteiger partial charge < -0.3 is 5.32 Å². The number of hydrogen-bond acceptors (Lipinski definition) is 2. The summed E-state index contributed by atoms with van der Waals surface area (Å²) in [6.45, 7) is 12.2. The smallest absolute Gasteiger partial charge is 0.220 e. The van der Waals surface area contributed by atoms with Crippen molar-refractivity contribution in [2.45, 2.75) is 79.7 Å². The Labute approximate surface area is 118 Å². The molecule has 1 amide bonds. The van der Waals surface area contributed by atoms with Crippen LogP contribution in [0.1, 0.15) is 73.6 Å². The second-order valence-corrected chi connectivity index (χ2v) is 7.02. The first-order valence-electron chi connectivity index (χ1n) is 7.43. The summed E-state index contributed by atoms with van der Waals surface area (Å²) in [6, 6.07) is -0.331. The number of nitrogens with one attached hydrogen (secondary N) is 1. The summed E-state index contributed by atoms with van der Waals surface area (Å²) >= 11 is 0. The summed E-state index contributed by atoms with van der Waals surface area (Å²) in [7, 11) is 0. The van der Waals surface area contributed by atoms with E-state index in [4.69, 9.17) is 0 Å². The molecule has 0 aliphatic rings. The normalized spacial score (nSPS) is 13.4. The molecule has 3 nitrogen and oxygen atoms in total. The minimum atomic E-state index is -0.331. The fourth-order valence-corrected chi connectivity index (χ4v) is 2.10. The van der Waals surface area contributed by atoms with Crippen LogP contribution in [0.3, 0.4) is 0 Å². The molecule has 0 saturated heterocycles. The maximum Gasteiger partial charge on any atom is 0.220 e. The Morgan fingerprint density at radius 3 is 2.05 bits per heavy atom. The second-order valence-electron chi connectivity index (χ2n) is 7.02. The summed E-state index contributed by atoms with van der Waals surface area (Å²) in [4.78, 5) is 23.2. The van der Waals surface area contributed by atoms with Crippen LogP contribution in [-0.2, 0) is 9.59 Å². The molecule has 3 heteroatoms. The molecule has 0 aromatic heterocycles. The Hall–Kier alpha value is -0.860. The van der Waals surface area contributed by atoms with Gasteiger partial charge >= 0.3 is 0 Å². The van der Waals surface area contributed by atoms with Crippen LogP contribution in [0.25, 0.3) is 0 Å². The molecule has 0 aromatic rings. The Kier molecular flexibility index (Phi) is 7.96. The van der Waals surface area contributed by atoms with Crippen molar-refractivity contribution in [2.24, 2.45) is 11.3 Å². The van der Waals surface area contributed by atoms with Crippen molar-refractivity contribution in [3.8, 4) is 0 Å². The standard InChI is InChI=1S/C16H31NO2/c1-12(2)15(13(3)18)17-14(19)10-8-7-9-11-16(4,5)6/h12,15H,7-11H2,1-6H3,(H,17,19)/t15-/m0/s1. The molecular formula is C16H31NO2. The van der Waals surface area contributed by atoms with Crippen molar-refractivity contribution >= 4 is 11.7 Å². The van der Waals surface area contributed by atoms with Gasteiger partial charge in [0.15, 0.2) is 5.78 Å². The highest BCUT2D eigenvalue weighted by molar-refractivity contribution is 5.87. The van der Waals surface area contributed by atoms with E-state index in [-0.39, 0.29) is 23.7 Å². The topological polar surface area (TPSA) is 46.2 Å². The third-order valence-electron chi connectivity index (χ3n) is 3.25. The average molecular weight is 269 g/mol. The Morgan fingerprint density at radius 1 is 1.05 bits per heavy atom. The van der Waals surface area contributed by atoms with Gasteiger partial charge in [0, 0.05) is 6.42 Å². The quantitative estimate of drug-likeness (QED) is 0.683. The first kappa shape index (κ1) is 18.1. The van der Waals surface area contributed by atoms with Crippen LogP contribution < -0.4 is 5.32 Å². The van der Waals surface area contributed by atoms with E-state index in [9.17, 15) is 9.59 Å². The molecule has 0 aliphatic carbocycles. The van der Waals surface area contributed by atoms with Gasteiger partial charge in [0.25, 0.3) is 0 Å². The molecule has 0 radical (unpaired) electrons. The van der Waals surface area contributed by atoms with Gasteiger partial charge in [-0.15, -0.1) is 0 Å². The highest BCUT2D eigenvalue weighted by atomic mass is 16.2. The molecule has 0 bridgehead atoms. The van der Waals surface area contributed by atoms with E-state index < -0.39 is 0 Å². The van der Waals surface area contributed by atoms with Gasteiger partial charge in [-0.25, -0.2) is 0 Å². The lowest BCUT2D eigenvalue weighted by molar-refractivity contribution is -0.127. The SMILES string of the molecule is CC(=O)[C@@H](NC(=O)CCCCCC(C)(C)C)C(C)C. The maximum absolute atomic E-state index is 11.8. The zero-order chi connectivity index (χ0) is 15.1. The predicted octanol–water partition coefficient (Wildman–Crippen LogP) is 3.71. The van der Waals surface area contributed by atoms with E-state index in [2.05, 4.69) is 26.1 Å². The number of unbranched alkanes of at least 4 members (excludes halogenated alkanes) is 2. The predicted molar refractivity (Wildman–Crippen MR) is 80.0 cm³/mol. The highest BCUT2D eigenvalue weighted by Gasteiger charge is 2.20. The lowest BCUT2D eigenvalue weighted by Crippen LogP contribution is -2.43. The molecule has 0 heterocycles. The second kappa shape index (κ2) is 8.34. The van der Waals surface area contributed by atoms with Gasteiger partial charge in [-0.1, -0.05) is 47.5 Å². The first-order valence-corrected chi connectivity index (χ1v) is 7.43. The van der Waals surface area contributed by atoms with E-state index in [1.807, 2.05) is 13.8 Å². The number of Topliss-reactive ketones (excluding diaryl/α,β-unsaturated/α-hetero) is 1. The molecule has 0 spiro atoms. The number of hydrogen-bond donors (Lipinski definition) is 1. The summed E-state index contributed by atoms with van der Waals surface area (Å²) in [5, 5.41) is 2.83. The lowest BCUT2D eigenvalue weighted by atomic mass is 9.89. The molecule has 0 aromatic carbocycles. The van der Waals surface area contributed by atoms with Crippen molar-refractivity contribution in [1.82, 2.24) is 5.32 Å². The monoisotopic (exact) mass is 269 g/mol. The summed E-state index contributed by atoms with van der Waals surface area (Å²) in [5.41, 5.74) is 0.375. The molecular weight excluding hydrogens is 238 g/mol. The van der Waals surface area contributed by atoms with Crippen LogP contribution in [-0.4, -0.2) is 17.7 Å². The third-order valence-corrected chi connectivity index (χ3v) is 3.25. The average Bonchev–Trinajstić information content (AvgIpc) is 2.22. The van der Waals surface area contributed by atoms with E-state index in [0.717, 1.165) is 19.3 Å². The Balaban J connectivity index is 3.84. The van der Waals surface area contributed by atoms with E-state index in [1.54, 1.807) is 0 Å². The molecule has 0 saturated carbocycles. The van der Waals surface area contributed by atoms with Crippen molar-refractivity contribution in [3.63, 3.8) is 0 Å². The molecule has 112 valence electrons. The van der Waals surface area contributed by atoms with Gasteiger partial charge in [0.1, 0.15) is 0 Å². The minimum absolute atomic E-state index is 0.00431.